The Morgan fingerprint density at radius 2 is 2.10 bits per heavy atom. The van der Waals surface area contributed by atoms with Gasteiger partial charge in [0.05, 0.1) is 6.61 Å². The minimum absolute atomic E-state index is 0. The zero-order chi connectivity index (χ0) is 20.0. The number of ether oxygens (including phenoxy) is 2. The number of aromatic nitrogens is 1. The quantitative estimate of drug-likeness (QED) is 0.135. The second-order valence-corrected chi connectivity index (χ2v) is 8.40. The first kappa shape index (κ1) is 26.0. The average Bonchev–Trinajstić information content (AvgIpc) is 3.22. The van der Waals surface area contributed by atoms with Crippen LogP contribution in [0.15, 0.2) is 39.1 Å². The standard InChI is InChI=1S/C20H30N4O2S2.HI/c1-16-6-7-17(18(14-16)26-11-5-10-25-3)15-24-19(21-2)22-8-4-12-27-20-23-9-13-28-20;/h6-7,9,13-14H,4-5,8,10-12,15H2,1-3H3,(H2,21,22,24);1H. The molecule has 0 aliphatic heterocycles. The maximum Gasteiger partial charge on any atom is 0.191 e. The van der Waals surface area contributed by atoms with Gasteiger partial charge in [-0.2, -0.15) is 0 Å². The SMILES string of the molecule is CN=C(NCCCSc1nccs1)NCc1ccc(C)cc1OCCCOC.I. The normalized spacial score (nSPS) is 11.1. The molecule has 0 aliphatic rings. The smallest absolute Gasteiger partial charge is 0.191 e. The molecule has 0 radical (unpaired) electrons. The second-order valence-electron chi connectivity index (χ2n) is 6.16. The van der Waals surface area contributed by atoms with E-state index in [0.717, 1.165) is 46.8 Å². The molecule has 0 saturated carbocycles. The van der Waals surface area contributed by atoms with Crippen molar-refractivity contribution in [3.63, 3.8) is 0 Å². The van der Waals surface area contributed by atoms with Crippen molar-refractivity contribution in [3.8, 4) is 5.75 Å². The molecule has 0 bridgehead atoms. The highest BCUT2D eigenvalue weighted by molar-refractivity contribution is 14.0. The summed E-state index contributed by atoms with van der Waals surface area (Å²) in [5, 5.41) is 8.74. The van der Waals surface area contributed by atoms with Gasteiger partial charge in [0.25, 0.3) is 0 Å². The van der Waals surface area contributed by atoms with Gasteiger partial charge in [-0.25, -0.2) is 4.98 Å². The van der Waals surface area contributed by atoms with E-state index >= 15 is 0 Å². The van der Waals surface area contributed by atoms with Crippen LogP contribution in [0.5, 0.6) is 5.75 Å². The van der Waals surface area contributed by atoms with Crippen LogP contribution < -0.4 is 15.4 Å². The highest BCUT2D eigenvalue weighted by Gasteiger charge is 2.06. The summed E-state index contributed by atoms with van der Waals surface area (Å²) in [7, 11) is 3.50. The zero-order valence-corrected chi connectivity index (χ0v) is 21.2. The van der Waals surface area contributed by atoms with Gasteiger partial charge < -0.3 is 20.1 Å². The summed E-state index contributed by atoms with van der Waals surface area (Å²) in [6, 6.07) is 6.28. The Morgan fingerprint density at radius 1 is 1.24 bits per heavy atom. The fourth-order valence-electron chi connectivity index (χ4n) is 2.45. The van der Waals surface area contributed by atoms with Gasteiger partial charge in [-0.1, -0.05) is 23.9 Å². The lowest BCUT2D eigenvalue weighted by molar-refractivity contribution is 0.172. The summed E-state index contributed by atoms with van der Waals surface area (Å²) in [6.07, 6.45) is 3.76. The van der Waals surface area contributed by atoms with Gasteiger partial charge in [0.2, 0.25) is 0 Å². The first-order chi connectivity index (χ1) is 13.7. The van der Waals surface area contributed by atoms with E-state index in [-0.39, 0.29) is 24.0 Å². The molecule has 9 heteroatoms. The molecule has 0 atom stereocenters. The molecule has 2 aromatic rings. The predicted molar refractivity (Wildman–Crippen MR) is 134 cm³/mol. The molecule has 1 heterocycles. The molecule has 2 N–H and O–H groups in total. The maximum absolute atomic E-state index is 5.95. The van der Waals surface area contributed by atoms with Gasteiger partial charge in [0, 0.05) is 63.2 Å². The number of hydrogen-bond donors (Lipinski definition) is 2. The number of hydrogen-bond acceptors (Lipinski definition) is 6. The topological polar surface area (TPSA) is 67.8 Å². The third kappa shape index (κ3) is 10.5. The number of methoxy groups -OCH3 is 1. The molecule has 0 unspecified atom stereocenters. The molecule has 2 rings (SSSR count). The number of aryl methyl sites for hydroxylation is 1. The Morgan fingerprint density at radius 3 is 2.83 bits per heavy atom. The number of thioether (sulfide) groups is 1. The van der Waals surface area contributed by atoms with E-state index in [1.807, 2.05) is 11.6 Å². The van der Waals surface area contributed by atoms with Crippen molar-refractivity contribution in [2.45, 2.75) is 30.6 Å². The van der Waals surface area contributed by atoms with Crippen LogP contribution in [0, 0.1) is 6.92 Å². The number of nitrogens with one attached hydrogen (secondary N) is 2. The van der Waals surface area contributed by atoms with Crippen LogP contribution >= 0.6 is 47.1 Å². The van der Waals surface area contributed by atoms with Crippen molar-refractivity contribution >= 4 is 53.0 Å². The second kappa shape index (κ2) is 15.8. The molecule has 0 fully saturated rings. The van der Waals surface area contributed by atoms with Crippen LogP contribution in [-0.4, -0.2) is 50.6 Å². The van der Waals surface area contributed by atoms with E-state index in [2.05, 4.69) is 45.7 Å². The van der Waals surface area contributed by atoms with E-state index in [1.165, 1.54) is 5.56 Å². The Labute approximate surface area is 199 Å². The molecule has 0 saturated heterocycles. The summed E-state index contributed by atoms with van der Waals surface area (Å²) < 4.78 is 12.2. The van der Waals surface area contributed by atoms with Gasteiger partial charge in [0.15, 0.2) is 5.96 Å². The fourth-order valence-corrected chi connectivity index (χ4v) is 4.09. The van der Waals surface area contributed by atoms with E-state index in [9.17, 15) is 0 Å². The minimum atomic E-state index is 0. The van der Waals surface area contributed by atoms with Crippen LogP contribution in [0.1, 0.15) is 24.0 Å². The molecule has 6 nitrogen and oxygen atoms in total. The summed E-state index contributed by atoms with van der Waals surface area (Å²) in [4.78, 5) is 8.58. The van der Waals surface area contributed by atoms with Crippen molar-refractivity contribution in [3.05, 3.63) is 40.9 Å². The lowest BCUT2D eigenvalue weighted by Crippen LogP contribution is -2.37. The van der Waals surface area contributed by atoms with Gasteiger partial charge in [-0.15, -0.1) is 35.3 Å². The van der Waals surface area contributed by atoms with E-state index in [4.69, 9.17) is 9.47 Å². The van der Waals surface area contributed by atoms with Crippen LogP contribution in [0.3, 0.4) is 0 Å². The number of halogens is 1. The highest BCUT2D eigenvalue weighted by atomic mass is 127. The van der Waals surface area contributed by atoms with Crippen molar-refractivity contribution in [2.24, 2.45) is 4.99 Å². The van der Waals surface area contributed by atoms with Gasteiger partial charge in [0.1, 0.15) is 10.1 Å². The Kier molecular flexibility index (Phi) is 14.1. The van der Waals surface area contributed by atoms with Crippen LogP contribution in [0.2, 0.25) is 0 Å². The monoisotopic (exact) mass is 550 g/mol. The lowest BCUT2D eigenvalue weighted by atomic mass is 10.1. The first-order valence-corrected chi connectivity index (χ1v) is 11.3. The van der Waals surface area contributed by atoms with E-state index < -0.39 is 0 Å². The molecule has 0 aliphatic carbocycles. The van der Waals surface area contributed by atoms with Crippen LogP contribution in [0.4, 0.5) is 0 Å². The lowest BCUT2D eigenvalue weighted by Gasteiger charge is -2.15. The van der Waals surface area contributed by atoms with Gasteiger partial charge in [-0.05, 0) is 25.0 Å². The summed E-state index contributed by atoms with van der Waals surface area (Å²) in [5.74, 6) is 2.75. The maximum atomic E-state index is 5.95. The highest BCUT2D eigenvalue weighted by Crippen LogP contribution is 2.21. The molecule has 29 heavy (non-hydrogen) atoms. The van der Waals surface area contributed by atoms with Crippen molar-refractivity contribution in [1.29, 1.82) is 0 Å². The minimum Gasteiger partial charge on any atom is -0.493 e. The Balaban J connectivity index is 0.00000420. The van der Waals surface area contributed by atoms with Crippen LogP contribution in [0.25, 0.3) is 0 Å². The number of thiazole rings is 1. The number of nitrogens with zero attached hydrogens (tertiary/aromatic N) is 2. The molecular formula is C20H31IN4O2S2. The fraction of sp³-hybridized carbons (Fsp3) is 0.500. The first-order valence-electron chi connectivity index (χ1n) is 9.41. The van der Waals surface area contributed by atoms with Crippen molar-refractivity contribution in [1.82, 2.24) is 15.6 Å². The molecule has 1 aromatic heterocycles. The average molecular weight is 551 g/mol. The largest absolute Gasteiger partial charge is 0.493 e. The third-order valence-corrected chi connectivity index (χ3v) is 5.94. The number of benzene rings is 1. The summed E-state index contributed by atoms with van der Waals surface area (Å²) >= 11 is 3.48. The zero-order valence-electron chi connectivity index (χ0n) is 17.3. The molecular weight excluding hydrogens is 519 g/mol. The number of aliphatic imine (C=N–C) groups is 1. The van der Waals surface area contributed by atoms with Crippen molar-refractivity contribution in [2.75, 3.05) is 39.7 Å². The molecule has 1 aromatic carbocycles. The van der Waals surface area contributed by atoms with Crippen molar-refractivity contribution < 1.29 is 9.47 Å². The third-order valence-electron chi connectivity index (χ3n) is 3.89. The van der Waals surface area contributed by atoms with E-state index in [0.29, 0.717) is 19.8 Å². The molecule has 0 amide bonds. The number of rotatable bonds is 12. The van der Waals surface area contributed by atoms with Gasteiger partial charge in [-0.3, -0.25) is 4.99 Å². The Hall–Kier alpha value is -1.04. The Bertz CT molecular complexity index is 715. The number of guanidine groups is 1. The van der Waals surface area contributed by atoms with Gasteiger partial charge >= 0.3 is 0 Å². The summed E-state index contributed by atoms with van der Waals surface area (Å²) in [5.41, 5.74) is 2.30. The molecule has 162 valence electrons. The van der Waals surface area contributed by atoms with E-state index in [1.54, 1.807) is 37.3 Å². The predicted octanol–water partition coefficient (Wildman–Crippen LogP) is 4.33. The summed E-state index contributed by atoms with van der Waals surface area (Å²) in [6.45, 7) is 4.95. The molecule has 0 spiro atoms. The van der Waals surface area contributed by atoms with Crippen LogP contribution in [-0.2, 0) is 11.3 Å².